The molecule has 0 aliphatic carbocycles. The molecular weight excluding hydrogens is 115 g/mol. The average Bonchev–Trinajstić information content (AvgIpc) is 1.91. The van der Waals surface area contributed by atoms with Crippen molar-refractivity contribution in [1.29, 1.82) is 0 Å². The zero-order valence-electron chi connectivity index (χ0n) is 4.84. The fraction of sp³-hybridized carbons (Fsp3) is 0. The van der Waals surface area contributed by atoms with E-state index in [-0.39, 0.29) is 0 Å². The first-order chi connectivity index (χ1) is 4.43. The van der Waals surface area contributed by atoms with Gasteiger partial charge in [0.15, 0.2) is 0 Å². The van der Waals surface area contributed by atoms with Crippen LogP contribution in [0, 0.1) is 6.33 Å². The van der Waals surface area contributed by atoms with Gasteiger partial charge in [0.25, 0.3) is 6.33 Å². The summed E-state index contributed by atoms with van der Waals surface area (Å²) in [5.41, 5.74) is 0.833. The van der Waals surface area contributed by atoms with Crippen LogP contribution < -0.4 is 0 Å². The van der Waals surface area contributed by atoms with Crippen molar-refractivity contribution >= 4 is 6.08 Å². The second-order valence-corrected chi connectivity index (χ2v) is 1.66. The Morgan fingerprint density at radius 1 is 1.22 bits per heavy atom. The monoisotopic (exact) mass is 121 g/mol. The van der Waals surface area contributed by atoms with Crippen molar-refractivity contribution in [3.8, 4) is 0 Å². The molecule has 0 aromatic heterocycles. The van der Waals surface area contributed by atoms with E-state index in [1.807, 2.05) is 30.3 Å². The highest BCUT2D eigenvalue weighted by atomic mass is 19.1. The van der Waals surface area contributed by atoms with Gasteiger partial charge in [0.1, 0.15) is 5.56 Å². The van der Waals surface area contributed by atoms with Crippen LogP contribution >= 0.6 is 0 Å². The highest BCUT2D eigenvalue weighted by Gasteiger charge is 1.91. The van der Waals surface area contributed by atoms with E-state index in [4.69, 9.17) is 0 Å². The van der Waals surface area contributed by atoms with Crippen molar-refractivity contribution in [2.45, 2.75) is 0 Å². The Morgan fingerprint density at radius 3 is 2.44 bits per heavy atom. The molecule has 9 heavy (non-hydrogen) atoms. The highest BCUT2D eigenvalue weighted by Crippen LogP contribution is 1.99. The lowest BCUT2D eigenvalue weighted by Crippen LogP contribution is -1.65. The van der Waals surface area contributed by atoms with Gasteiger partial charge in [-0.15, -0.1) is 0 Å². The Bertz CT molecular complexity index is 189. The normalized spacial score (nSPS) is 9.44. The van der Waals surface area contributed by atoms with Crippen LogP contribution in [0.3, 0.4) is 0 Å². The molecule has 0 spiro atoms. The maximum atomic E-state index is 11.4. The first kappa shape index (κ1) is 5.93. The second-order valence-electron chi connectivity index (χ2n) is 1.66. The van der Waals surface area contributed by atoms with E-state index >= 15 is 0 Å². The van der Waals surface area contributed by atoms with Crippen LogP contribution in [0.5, 0.6) is 0 Å². The Hall–Kier alpha value is -1.20. The third kappa shape index (κ3) is 1.63. The van der Waals surface area contributed by atoms with E-state index in [1.165, 1.54) is 12.4 Å². The van der Waals surface area contributed by atoms with E-state index < -0.39 is 0 Å². The van der Waals surface area contributed by atoms with Crippen LogP contribution in [0.2, 0.25) is 0 Å². The summed E-state index contributed by atoms with van der Waals surface area (Å²) in [5.74, 6) is 0. The molecule has 0 atom stereocenters. The minimum atomic E-state index is 0.833. The molecule has 1 aromatic rings. The van der Waals surface area contributed by atoms with Gasteiger partial charge in [0, 0.05) is 12.1 Å². The van der Waals surface area contributed by atoms with Gasteiger partial charge in [-0.05, 0) is 16.5 Å². The first-order valence-electron chi connectivity index (χ1n) is 2.68. The second kappa shape index (κ2) is 2.95. The molecule has 0 N–H and O–H groups in total. The summed E-state index contributed by atoms with van der Waals surface area (Å²) in [4.78, 5) is 0. The standard InChI is InChI=1S/C8H6F/c9-7-6-8-4-2-1-3-5-8/h1-6H/q+1. The van der Waals surface area contributed by atoms with E-state index in [0.29, 0.717) is 0 Å². The summed E-state index contributed by atoms with van der Waals surface area (Å²) in [6.45, 7) is 0. The Labute approximate surface area is 53.6 Å². The van der Waals surface area contributed by atoms with Gasteiger partial charge in [-0.1, -0.05) is 6.07 Å². The van der Waals surface area contributed by atoms with Crippen LogP contribution in [0.25, 0.3) is 6.08 Å². The van der Waals surface area contributed by atoms with E-state index in [1.54, 1.807) is 0 Å². The number of hydrogen-bond donors (Lipinski definition) is 0. The number of rotatable bonds is 1. The van der Waals surface area contributed by atoms with Crippen molar-refractivity contribution in [2.75, 3.05) is 0 Å². The number of benzene rings is 1. The largest absolute Gasteiger partial charge is 0.293 e. The molecule has 0 aliphatic rings. The van der Waals surface area contributed by atoms with Gasteiger partial charge in [-0.2, -0.15) is 0 Å². The molecule has 0 nitrogen and oxygen atoms in total. The van der Waals surface area contributed by atoms with Gasteiger partial charge < -0.3 is 0 Å². The Balaban J connectivity index is 2.85. The predicted molar refractivity (Wildman–Crippen MR) is 35.3 cm³/mol. The molecule has 0 radical (unpaired) electrons. The summed E-state index contributed by atoms with van der Waals surface area (Å²) in [6.07, 6.45) is 2.75. The van der Waals surface area contributed by atoms with Crippen molar-refractivity contribution in [3.63, 3.8) is 0 Å². The molecule has 0 unspecified atom stereocenters. The summed E-state index contributed by atoms with van der Waals surface area (Å²) >= 11 is 0. The van der Waals surface area contributed by atoms with Gasteiger partial charge >= 0.3 is 0 Å². The minimum Gasteiger partial charge on any atom is -0.0586 e. The van der Waals surface area contributed by atoms with Crippen LogP contribution in [-0.4, -0.2) is 0 Å². The van der Waals surface area contributed by atoms with Crippen molar-refractivity contribution < 1.29 is 4.39 Å². The molecule has 1 aromatic carbocycles. The molecule has 1 heteroatoms. The molecule has 0 fully saturated rings. The Morgan fingerprint density at radius 2 is 1.89 bits per heavy atom. The average molecular weight is 121 g/mol. The van der Waals surface area contributed by atoms with Gasteiger partial charge in [-0.25, -0.2) is 0 Å². The minimum absolute atomic E-state index is 0.833. The first-order valence-corrected chi connectivity index (χ1v) is 2.68. The van der Waals surface area contributed by atoms with Crippen molar-refractivity contribution in [3.05, 3.63) is 42.2 Å². The lowest BCUT2D eigenvalue weighted by Gasteiger charge is -1.75. The SMILES string of the molecule is F[C+]=Cc1ccccc1. The van der Waals surface area contributed by atoms with Crippen LogP contribution in [0.1, 0.15) is 5.56 Å². The molecule has 0 aliphatic heterocycles. The third-order valence-corrected chi connectivity index (χ3v) is 1.02. The quantitative estimate of drug-likeness (QED) is 0.500. The lowest BCUT2D eigenvalue weighted by atomic mass is 10.2. The summed E-state index contributed by atoms with van der Waals surface area (Å²) < 4.78 is 11.4. The topological polar surface area (TPSA) is 0 Å². The van der Waals surface area contributed by atoms with Gasteiger partial charge in [-0.3, -0.25) is 0 Å². The summed E-state index contributed by atoms with van der Waals surface area (Å²) in [5, 5.41) is 0. The molecule has 0 bridgehead atoms. The molecular formula is C8H6F+. The zero-order valence-corrected chi connectivity index (χ0v) is 4.84. The molecule has 0 amide bonds. The van der Waals surface area contributed by atoms with Gasteiger partial charge in [0.05, 0.1) is 0 Å². The molecule has 1 rings (SSSR count). The smallest absolute Gasteiger partial charge is 0.0586 e. The van der Waals surface area contributed by atoms with E-state index in [9.17, 15) is 4.39 Å². The lowest BCUT2D eigenvalue weighted by molar-refractivity contribution is 0.691. The number of halogens is 1. The van der Waals surface area contributed by atoms with E-state index in [0.717, 1.165) is 5.56 Å². The third-order valence-electron chi connectivity index (χ3n) is 1.02. The molecule has 44 valence electrons. The van der Waals surface area contributed by atoms with Crippen molar-refractivity contribution in [2.24, 2.45) is 0 Å². The Kier molecular flexibility index (Phi) is 1.95. The van der Waals surface area contributed by atoms with Crippen LogP contribution in [-0.2, 0) is 0 Å². The van der Waals surface area contributed by atoms with Gasteiger partial charge in [0.2, 0.25) is 6.08 Å². The fourth-order valence-corrected chi connectivity index (χ4v) is 0.612. The maximum absolute atomic E-state index is 11.4. The highest BCUT2D eigenvalue weighted by molar-refractivity contribution is 5.45. The maximum Gasteiger partial charge on any atom is 0.293 e. The van der Waals surface area contributed by atoms with Crippen LogP contribution in [0.15, 0.2) is 30.3 Å². The van der Waals surface area contributed by atoms with E-state index in [2.05, 4.69) is 0 Å². The van der Waals surface area contributed by atoms with Crippen molar-refractivity contribution in [1.82, 2.24) is 0 Å². The molecule has 0 heterocycles. The fourth-order valence-electron chi connectivity index (χ4n) is 0.612. The van der Waals surface area contributed by atoms with Crippen LogP contribution in [0.4, 0.5) is 4.39 Å². The zero-order chi connectivity index (χ0) is 6.53. The summed E-state index contributed by atoms with van der Waals surface area (Å²) in [6, 6.07) is 9.21. The summed E-state index contributed by atoms with van der Waals surface area (Å²) in [7, 11) is 0. The number of hydrogen-bond acceptors (Lipinski definition) is 0. The molecule has 0 saturated heterocycles. The molecule has 0 saturated carbocycles. The predicted octanol–water partition coefficient (Wildman–Crippen LogP) is 2.43.